The second-order valence-electron chi connectivity index (χ2n) is 5.52. The maximum absolute atomic E-state index is 11.9. The summed E-state index contributed by atoms with van der Waals surface area (Å²) in [4.78, 5) is 23.1. The van der Waals surface area contributed by atoms with Crippen LogP contribution >= 0.6 is 0 Å². The number of nitrogens with two attached hydrogens (primary N) is 2. The van der Waals surface area contributed by atoms with Crippen LogP contribution in [0, 0.1) is 11.3 Å². The van der Waals surface area contributed by atoms with Crippen LogP contribution in [0.3, 0.4) is 0 Å². The zero-order chi connectivity index (χ0) is 13.1. The van der Waals surface area contributed by atoms with Crippen molar-refractivity contribution in [1.82, 2.24) is 5.32 Å². The number of carbonyl (C=O) groups is 2. The molecule has 0 saturated heterocycles. The number of hydrogen-bond donors (Lipinski definition) is 3. The van der Waals surface area contributed by atoms with Crippen molar-refractivity contribution in [3.8, 4) is 0 Å². The second kappa shape index (κ2) is 5.49. The van der Waals surface area contributed by atoms with Crippen molar-refractivity contribution in [2.75, 3.05) is 6.54 Å². The highest BCUT2D eigenvalue weighted by atomic mass is 16.2. The van der Waals surface area contributed by atoms with E-state index in [1.165, 1.54) is 0 Å². The molecular weight excluding hydrogens is 218 g/mol. The molecule has 0 bridgehead atoms. The molecule has 17 heavy (non-hydrogen) atoms. The van der Waals surface area contributed by atoms with Gasteiger partial charge in [0.2, 0.25) is 11.8 Å². The summed E-state index contributed by atoms with van der Waals surface area (Å²) in [7, 11) is 0. The van der Waals surface area contributed by atoms with E-state index in [1.807, 2.05) is 0 Å². The molecule has 0 aromatic rings. The van der Waals surface area contributed by atoms with Crippen molar-refractivity contribution in [1.29, 1.82) is 0 Å². The van der Waals surface area contributed by atoms with E-state index in [4.69, 9.17) is 11.5 Å². The van der Waals surface area contributed by atoms with Gasteiger partial charge in [-0.3, -0.25) is 9.59 Å². The second-order valence-corrected chi connectivity index (χ2v) is 5.52. The smallest absolute Gasteiger partial charge is 0.224 e. The molecule has 2 atom stereocenters. The molecule has 0 heterocycles. The summed E-state index contributed by atoms with van der Waals surface area (Å²) in [6.45, 7) is 3.71. The van der Waals surface area contributed by atoms with Gasteiger partial charge in [-0.05, 0) is 26.7 Å². The normalized spacial score (nSPS) is 25.4. The molecule has 2 amide bonds. The topological polar surface area (TPSA) is 98.2 Å². The fourth-order valence-electron chi connectivity index (χ4n) is 2.01. The van der Waals surface area contributed by atoms with E-state index < -0.39 is 11.3 Å². The summed E-state index contributed by atoms with van der Waals surface area (Å²) in [6.07, 6.45) is 3.88. The number of carbonyl (C=O) groups excluding carboxylic acids is 2. The van der Waals surface area contributed by atoms with E-state index in [2.05, 4.69) is 5.32 Å². The standard InChI is InChI=1S/C12H23N3O2/c1-12(2,11(14)17)7-15-10(16)8-5-3-4-6-9(8)13/h8-9H,3-7,13H2,1-2H3,(H2,14,17)(H,15,16). The summed E-state index contributed by atoms with van der Waals surface area (Å²) >= 11 is 0. The first kappa shape index (κ1) is 14.0. The van der Waals surface area contributed by atoms with Crippen LogP contribution in [0.25, 0.3) is 0 Å². The highest BCUT2D eigenvalue weighted by Gasteiger charge is 2.31. The van der Waals surface area contributed by atoms with Gasteiger partial charge in [-0.1, -0.05) is 12.8 Å². The fourth-order valence-corrected chi connectivity index (χ4v) is 2.01. The number of primary amides is 1. The molecule has 98 valence electrons. The van der Waals surface area contributed by atoms with Gasteiger partial charge in [0.1, 0.15) is 0 Å². The molecule has 1 rings (SSSR count). The molecule has 2 unspecified atom stereocenters. The number of nitrogens with one attached hydrogen (secondary N) is 1. The van der Waals surface area contributed by atoms with E-state index in [0.717, 1.165) is 25.7 Å². The Morgan fingerprint density at radius 1 is 1.29 bits per heavy atom. The molecule has 1 fully saturated rings. The molecule has 0 aromatic carbocycles. The summed E-state index contributed by atoms with van der Waals surface area (Å²) in [5, 5.41) is 2.78. The monoisotopic (exact) mass is 241 g/mol. The lowest BCUT2D eigenvalue weighted by molar-refractivity contribution is -0.129. The third-order valence-corrected chi connectivity index (χ3v) is 3.53. The van der Waals surface area contributed by atoms with Gasteiger partial charge in [-0.2, -0.15) is 0 Å². The maximum Gasteiger partial charge on any atom is 0.224 e. The van der Waals surface area contributed by atoms with E-state index in [1.54, 1.807) is 13.8 Å². The summed E-state index contributed by atoms with van der Waals surface area (Å²) in [5.41, 5.74) is 10.5. The maximum atomic E-state index is 11.9. The molecule has 1 aliphatic carbocycles. The lowest BCUT2D eigenvalue weighted by atomic mass is 9.84. The number of rotatable bonds is 4. The van der Waals surface area contributed by atoms with Crippen LogP contribution in [0.5, 0.6) is 0 Å². The molecule has 1 saturated carbocycles. The predicted octanol–water partition coefficient (Wildman–Crippen LogP) is 0.132. The van der Waals surface area contributed by atoms with E-state index in [-0.39, 0.29) is 24.4 Å². The van der Waals surface area contributed by atoms with Crippen LogP contribution in [-0.2, 0) is 9.59 Å². The Hall–Kier alpha value is -1.10. The molecule has 1 aliphatic rings. The molecule has 0 aliphatic heterocycles. The van der Waals surface area contributed by atoms with E-state index in [9.17, 15) is 9.59 Å². The van der Waals surface area contributed by atoms with Crippen LogP contribution in [0.4, 0.5) is 0 Å². The highest BCUT2D eigenvalue weighted by Crippen LogP contribution is 2.23. The van der Waals surface area contributed by atoms with Gasteiger partial charge in [-0.25, -0.2) is 0 Å². The molecule has 0 aromatic heterocycles. The van der Waals surface area contributed by atoms with Gasteiger partial charge in [0, 0.05) is 12.6 Å². The van der Waals surface area contributed by atoms with Gasteiger partial charge >= 0.3 is 0 Å². The molecule has 5 N–H and O–H groups in total. The van der Waals surface area contributed by atoms with Crippen LogP contribution in [0.2, 0.25) is 0 Å². The number of amides is 2. The average Bonchev–Trinajstić information content (AvgIpc) is 2.26. The van der Waals surface area contributed by atoms with E-state index >= 15 is 0 Å². The van der Waals surface area contributed by atoms with Crippen molar-refractivity contribution in [3.05, 3.63) is 0 Å². The van der Waals surface area contributed by atoms with E-state index in [0.29, 0.717) is 0 Å². The first-order valence-corrected chi connectivity index (χ1v) is 6.18. The molecular formula is C12H23N3O2. The lowest BCUT2D eigenvalue weighted by Crippen LogP contribution is -2.48. The lowest BCUT2D eigenvalue weighted by Gasteiger charge is -2.29. The Kier molecular flexibility index (Phi) is 4.51. The van der Waals surface area contributed by atoms with Gasteiger partial charge in [-0.15, -0.1) is 0 Å². The van der Waals surface area contributed by atoms with Crippen LogP contribution in [-0.4, -0.2) is 24.4 Å². The molecule has 0 radical (unpaired) electrons. The van der Waals surface area contributed by atoms with Gasteiger partial charge < -0.3 is 16.8 Å². The quantitative estimate of drug-likeness (QED) is 0.652. The van der Waals surface area contributed by atoms with Gasteiger partial charge in [0.05, 0.1) is 11.3 Å². The Bertz CT molecular complexity index is 302. The van der Waals surface area contributed by atoms with Gasteiger partial charge in [0.25, 0.3) is 0 Å². The first-order chi connectivity index (χ1) is 7.84. The van der Waals surface area contributed by atoms with Crippen molar-refractivity contribution in [2.24, 2.45) is 22.8 Å². The Morgan fingerprint density at radius 3 is 2.41 bits per heavy atom. The SMILES string of the molecule is CC(C)(CNC(=O)C1CCCCC1N)C(N)=O. The fraction of sp³-hybridized carbons (Fsp3) is 0.833. The third-order valence-electron chi connectivity index (χ3n) is 3.53. The van der Waals surface area contributed by atoms with Crippen molar-refractivity contribution in [2.45, 2.75) is 45.6 Å². The summed E-state index contributed by atoms with van der Waals surface area (Å²) in [5.74, 6) is -0.579. The van der Waals surface area contributed by atoms with Gasteiger partial charge in [0.15, 0.2) is 0 Å². The predicted molar refractivity (Wildman–Crippen MR) is 65.9 cm³/mol. The van der Waals surface area contributed by atoms with Crippen LogP contribution in [0.15, 0.2) is 0 Å². The molecule has 0 spiro atoms. The minimum atomic E-state index is -0.714. The largest absolute Gasteiger partial charge is 0.369 e. The van der Waals surface area contributed by atoms with Crippen molar-refractivity contribution in [3.63, 3.8) is 0 Å². The van der Waals surface area contributed by atoms with Crippen LogP contribution in [0.1, 0.15) is 39.5 Å². The van der Waals surface area contributed by atoms with Crippen molar-refractivity contribution >= 4 is 11.8 Å². The third kappa shape index (κ3) is 3.70. The zero-order valence-corrected chi connectivity index (χ0v) is 10.7. The minimum Gasteiger partial charge on any atom is -0.369 e. The van der Waals surface area contributed by atoms with Crippen LogP contribution < -0.4 is 16.8 Å². The minimum absolute atomic E-state index is 0.0495. The summed E-state index contributed by atoms with van der Waals surface area (Å²) < 4.78 is 0. The molecule has 5 nitrogen and oxygen atoms in total. The zero-order valence-electron chi connectivity index (χ0n) is 10.7. The highest BCUT2D eigenvalue weighted by molar-refractivity contribution is 5.83. The summed E-state index contributed by atoms with van der Waals surface area (Å²) in [6, 6.07) is -0.0551. The first-order valence-electron chi connectivity index (χ1n) is 6.18. The average molecular weight is 241 g/mol. The number of hydrogen-bond acceptors (Lipinski definition) is 3. The Morgan fingerprint density at radius 2 is 1.88 bits per heavy atom. The van der Waals surface area contributed by atoms with Crippen molar-refractivity contribution < 1.29 is 9.59 Å². The Balaban J connectivity index is 2.46. The molecule has 5 heteroatoms. The Labute approximate surface area is 102 Å².